The van der Waals surface area contributed by atoms with Gasteiger partial charge in [0.1, 0.15) is 0 Å². The zero-order valence-electron chi connectivity index (χ0n) is 8.47. The minimum Gasteiger partial charge on any atom is -0.320 e. The second-order valence-electron chi connectivity index (χ2n) is 3.26. The van der Waals surface area contributed by atoms with E-state index in [1.54, 1.807) is 0 Å². The number of hydrogen-bond acceptors (Lipinski definition) is 2. The van der Waals surface area contributed by atoms with Gasteiger partial charge in [0.05, 0.1) is 0 Å². The van der Waals surface area contributed by atoms with E-state index in [2.05, 4.69) is 26.5 Å². The van der Waals surface area contributed by atoms with E-state index in [0.29, 0.717) is 0 Å². The highest BCUT2D eigenvalue weighted by molar-refractivity contribution is 7.16. The van der Waals surface area contributed by atoms with E-state index in [1.165, 1.54) is 38.5 Å². The average molecular weight is 190 g/mol. The predicted octanol–water partition coefficient (Wildman–Crippen LogP) is 1.18. The number of nitrogens with one attached hydrogen (secondary N) is 1. The molecular formula is C9H23N2P. The van der Waals surface area contributed by atoms with Crippen molar-refractivity contribution in [3.8, 4) is 0 Å². The lowest BCUT2D eigenvalue weighted by Crippen LogP contribution is -2.21. The van der Waals surface area contributed by atoms with Gasteiger partial charge < -0.3 is 10.2 Å². The Kier molecular flexibility index (Phi) is 9.71. The SMILES string of the molecule is CNCCCCCN(C)CCP. The zero-order valence-corrected chi connectivity index (χ0v) is 9.63. The first-order valence-corrected chi connectivity index (χ1v) is 5.66. The van der Waals surface area contributed by atoms with Gasteiger partial charge in [-0.1, -0.05) is 6.42 Å². The van der Waals surface area contributed by atoms with Crippen LogP contribution in [0.4, 0.5) is 0 Å². The van der Waals surface area contributed by atoms with Crippen molar-refractivity contribution >= 4 is 9.24 Å². The van der Waals surface area contributed by atoms with Crippen molar-refractivity contribution in [2.45, 2.75) is 19.3 Å². The van der Waals surface area contributed by atoms with Crippen molar-refractivity contribution in [1.82, 2.24) is 10.2 Å². The highest BCUT2D eigenvalue weighted by Crippen LogP contribution is 1.96. The maximum Gasteiger partial charge on any atom is 0.00129 e. The van der Waals surface area contributed by atoms with Crippen molar-refractivity contribution in [3.05, 3.63) is 0 Å². The summed E-state index contributed by atoms with van der Waals surface area (Å²) < 4.78 is 0. The summed E-state index contributed by atoms with van der Waals surface area (Å²) in [6.45, 7) is 3.61. The van der Waals surface area contributed by atoms with Crippen LogP contribution in [-0.2, 0) is 0 Å². The van der Waals surface area contributed by atoms with E-state index < -0.39 is 0 Å². The van der Waals surface area contributed by atoms with Crippen molar-refractivity contribution < 1.29 is 0 Å². The van der Waals surface area contributed by atoms with Crippen LogP contribution in [0.3, 0.4) is 0 Å². The quantitative estimate of drug-likeness (QED) is 0.457. The van der Waals surface area contributed by atoms with Crippen LogP contribution in [0.1, 0.15) is 19.3 Å². The van der Waals surface area contributed by atoms with Crippen LogP contribution >= 0.6 is 9.24 Å². The Balaban J connectivity index is 2.97. The number of nitrogens with zero attached hydrogens (tertiary/aromatic N) is 1. The van der Waals surface area contributed by atoms with Crippen LogP contribution in [0, 0.1) is 0 Å². The van der Waals surface area contributed by atoms with Gasteiger partial charge in [0, 0.05) is 6.54 Å². The zero-order chi connectivity index (χ0) is 9.23. The molecule has 0 aromatic carbocycles. The molecule has 0 aromatic heterocycles. The molecule has 0 bridgehead atoms. The molecule has 1 unspecified atom stereocenters. The summed E-state index contributed by atoms with van der Waals surface area (Å²) in [5.74, 6) is 0. The molecule has 0 fully saturated rings. The van der Waals surface area contributed by atoms with Crippen LogP contribution in [0.2, 0.25) is 0 Å². The smallest absolute Gasteiger partial charge is 0.00129 e. The van der Waals surface area contributed by atoms with Crippen molar-refractivity contribution in [1.29, 1.82) is 0 Å². The second-order valence-corrected chi connectivity index (χ2v) is 3.83. The summed E-state index contributed by atoms with van der Waals surface area (Å²) in [6, 6.07) is 0. The van der Waals surface area contributed by atoms with E-state index >= 15 is 0 Å². The van der Waals surface area contributed by atoms with Gasteiger partial charge in [-0.15, -0.1) is 9.24 Å². The number of hydrogen-bond donors (Lipinski definition) is 1. The minimum atomic E-state index is 1.16. The van der Waals surface area contributed by atoms with Crippen LogP contribution in [-0.4, -0.2) is 44.8 Å². The van der Waals surface area contributed by atoms with E-state index in [-0.39, 0.29) is 0 Å². The van der Waals surface area contributed by atoms with Crippen LogP contribution < -0.4 is 5.32 Å². The Hall–Kier alpha value is 0.350. The fraction of sp³-hybridized carbons (Fsp3) is 1.00. The third-order valence-corrected chi connectivity index (χ3v) is 2.24. The summed E-state index contributed by atoms with van der Waals surface area (Å²) in [7, 11) is 6.98. The molecule has 0 aliphatic rings. The van der Waals surface area contributed by atoms with E-state index in [9.17, 15) is 0 Å². The summed E-state index contributed by atoms with van der Waals surface area (Å²) in [6.07, 6.45) is 5.18. The van der Waals surface area contributed by atoms with Gasteiger partial charge in [0.2, 0.25) is 0 Å². The van der Waals surface area contributed by atoms with Crippen LogP contribution in [0.5, 0.6) is 0 Å². The summed E-state index contributed by atoms with van der Waals surface area (Å²) in [5, 5.41) is 3.16. The molecule has 0 amide bonds. The molecule has 1 N–H and O–H groups in total. The van der Waals surface area contributed by atoms with Gasteiger partial charge in [0.25, 0.3) is 0 Å². The Morgan fingerprint density at radius 3 is 2.50 bits per heavy atom. The third-order valence-electron chi connectivity index (χ3n) is 1.98. The molecule has 2 nitrogen and oxygen atoms in total. The molecule has 0 saturated heterocycles. The molecule has 12 heavy (non-hydrogen) atoms. The first kappa shape index (κ1) is 12.3. The summed E-state index contributed by atoms with van der Waals surface area (Å²) in [4.78, 5) is 2.40. The molecule has 0 aromatic rings. The molecule has 0 aliphatic carbocycles. The molecule has 74 valence electrons. The van der Waals surface area contributed by atoms with Gasteiger partial charge in [-0.3, -0.25) is 0 Å². The average Bonchev–Trinajstić information content (AvgIpc) is 2.05. The Bertz CT molecular complexity index is 88.6. The lowest BCUT2D eigenvalue weighted by atomic mass is 10.2. The predicted molar refractivity (Wildman–Crippen MR) is 59.9 cm³/mol. The van der Waals surface area contributed by atoms with E-state index in [0.717, 1.165) is 6.54 Å². The molecular weight excluding hydrogens is 167 g/mol. The summed E-state index contributed by atoms with van der Waals surface area (Å²) >= 11 is 0. The van der Waals surface area contributed by atoms with Crippen LogP contribution in [0.25, 0.3) is 0 Å². The highest BCUT2D eigenvalue weighted by Gasteiger charge is 1.95. The van der Waals surface area contributed by atoms with Gasteiger partial charge in [-0.05, 0) is 46.2 Å². The van der Waals surface area contributed by atoms with Gasteiger partial charge in [0.15, 0.2) is 0 Å². The Labute approximate surface area is 79.3 Å². The fourth-order valence-corrected chi connectivity index (χ4v) is 1.63. The van der Waals surface area contributed by atoms with E-state index in [1.807, 2.05) is 7.05 Å². The lowest BCUT2D eigenvalue weighted by Gasteiger charge is -2.14. The topological polar surface area (TPSA) is 15.3 Å². The molecule has 0 radical (unpaired) electrons. The first-order valence-electron chi connectivity index (χ1n) is 4.84. The lowest BCUT2D eigenvalue weighted by molar-refractivity contribution is 0.344. The van der Waals surface area contributed by atoms with Crippen LogP contribution in [0.15, 0.2) is 0 Å². The summed E-state index contributed by atoms with van der Waals surface area (Å²) in [5.41, 5.74) is 0. The molecule has 0 saturated carbocycles. The molecule has 0 aliphatic heterocycles. The van der Waals surface area contributed by atoms with Crippen molar-refractivity contribution in [2.75, 3.05) is 39.9 Å². The first-order chi connectivity index (χ1) is 5.81. The number of unbranched alkanes of at least 4 members (excludes halogenated alkanes) is 2. The molecule has 1 atom stereocenters. The maximum absolute atomic E-state index is 3.16. The van der Waals surface area contributed by atoms with Gasteiger partial charge >= 0.3 is 0 Å². The largest absolute Gasteiger partial charge is 0.320 e. The van der Waals surface area contributed by atoms with Gasteiger partial charge in [-0.25, -0.2) is 0 Å². The molecule has 0 spiro atoms. The Morgan fingerprint density at radius 2 is 1.92 bits per heavy atom. The van der Waals surface area contributed by atoms with E-state index in [4.69, 9.17) is 0 Å². The second kappa shape index (κ2) is 9.44. The third kappa shape index (κ3) is 8.45. The standard InChI is InChI=1S/C9H23N2P/c1-10-6-4-3-5-7-11(2)8-9-12/h10H,3-9,12H2,1-2H3. The highest BCUT2D eigenvalue weighted by atomic mass is 31.0. The fourth-order valence-electron chi connectivity index (χ4n) is 1.19. The Morgan fingerprint density at radius 1 is 1.17 bits per heavy atom. The number of rotatable bonds is 8. The van der Waals surface area contributed by atoms with Crippen molar-refractivity contribution in [3.63, 3.8) is 0 Å². The van der Waals surface area contributed by atoms with Crippen molar-refractivity contribution in [2.24, 2.45) is 0 Å². The molecule has 3 heteroatoms. The monoisotopic (exact) mass is 190 g/mol. The minimum absolute atomic E-state index is 1.16. The molecule has 0 rings (SSSR count). The van der Waals surface area contributed by atoms with Gasteiger partial charge in [-0.2, -0.15) is 0 Å². The normalized spacial score (nSPS) is 11.0. The molecule has 0 heterocycles. The maximum atomic E-state index is 3.16.